The zero-order chi connectivity index (χ0) is 18.7. The van der Waals surface area contributed by atoms with Crippen LogP contribution in [0.4, 0.5) is 5.82 Å². The van der Waals surface area contributed by atoms with E-state index in [0.717, 1.165) is 55.5 Å². The number of ether oxygens (including phenoxy) is 1. The first kappa shape index (κ1) is 17.7. The van der Waals surface area contributed by atoms with Gasteiger partial charge in [-0.15, -0.1) is 4.31 Å². The molecule has 27 heavy (non-hydrogen) atoms. The molecule has 3 aliphatic rings. The fourth-order valence-electron chi connectivity index (χ4n) is 4.21. The number of aromatic nitrogens is 4. The molecule has 5 heterocycles. The summed E-state index contributed by atoms with van der Waals surface area (Å²) in [5.74, 6) is 1.74. The van der Waals surface area contributed by atoms with Crippen molar-refractivity contribution in [3.63, 3.8) is 0 Å². The van der Waals surface area contributed by atoms with Gasteiger partial charge in [0.25, 0.3) is 0 Å². The summed E-state index contributed by atoms with van der Waals surface area (Å²) in [4.78, 5) is 18.3. The van der Waals surface area contributed by atoms with Crippen molar-refractivity contribution in [2.75, 3.05) is 50.5 Å². The van der Waals surface area contributed by atoms with Gasteiger partial charge < -0.3 is 14.2 Å². The van der Waals surface area contributed by atoms with Gasteiger partial charge in [0.15, 0.2) is 17.0 Å². The van der Waals surface area contributed by atoms with Crippen LogP contribution >= 0.6 is 11.6 Å². The Hall–Kier alpha value is -1.33. The van der Waals surface area contributed by atoms with Gasteiger partial charge in [-0.25, -0.2) is 4.98 Å². The Morgan fingerprint density at radius 3 is 2.63 bits per heavy atom. The van der Waals surface area contributed by atoms with E-state index in [1.54, 1.807) is 6.26 Å². The number of halogens is 1. The first-order chi connectivity index (χ1) is 13.0. The Bertz CT molecular complexity index is 916. The number of anilines is 1. The number of aryl methyl sites for hydroxylation is 1. The van der Waals surface area contributed by atoms with Crippen LogP contribution < -0.4 is 4.90 Å². The fraction of sp³-hybridized carbons (Fsp3) is 0.688. The molecule has 2 aromatic rings. The van der Waals surface area contributed by atoms with Crippen LogP contribution in [-0.2, 0) is 33.5 Å². The lowest BCUT2D eigenvalue weighted by atomic mass is 9.88. The number of hydrogen-bond donors (Lipinski definition) is 0. The molecular formula is C16H23ClN7O2S+. The predicted octanol–water partition coefficient (Wildman–Crippen LogP) is -0.0374. The van der Waals surface area contributed by atoms with Gasteiger partial charge in [0.1, 0.15) is 23.1 Å². The molecule has 0 saturated carbocycles. The molecule has 3 fully saturated rings. The highest BCUT2D eigenvalue weighted by Gasteiger charge is 2.55. The van der Waals surface area contributed by atoms with Crippen LogP contribution in [0, 0.1) is 0 Å². The Morgan fingerprint density at radius 2 is 1.96 bits per heavy atom. The third-order valence-corrected chi connectivity index (χ3v) is 7.23. The topological polar surface area (TPSA) is 79.6 Å². The lowest BCUT2D eigenvalue weighted by Crippen LogP contribution is -2.78. The summed E-state index contributed by atoms with van der Waals surface area (Å²) < 4.78 is 21.2. The van der Waals surface area contributed by atoms with E-state index >= 15 is 0 Å². The predicted molar refractivity (Wildman–Crippen MR) is 104 cm³/mol. The van der Waals surface area contributed by atoms with Crippen molar-refractivity contribution < 1.29 is 8.95 Å². The number of nitrogens with zero attached hydrogens (tertiary/aromatic N) is 7. The maximum atomic E-state index is 11.7. The number of imidazole rings is 1. The first-order valence-corrected chi connectivity index (χ1v) is 11.2. The molecule has 9 nitrogen and oxygen atoms in total. The number of rotatable bonds is 4. The highest BCUT2D eigenvalue weighted by molar-refractivity contribution is 7.81. The molecule has 3 saturated heterocycles. The van der Waals surface area contributed by atoms with Gasteiger partial charge in [-0.1, -0.05) is 4.21 Å². The molecule has 5 rings (SSSR count). The average Bonchev–Trinajstić information content (AvgIpc) is 2.94. The zero-order valence-electron chi connectivity index (χ0n) is 15.4. The molecule has 0 amide bonds. The number of morpholine rings is 1. The maximum Gasteiger partial charge on any atom is 0.226 e. The standard InChI is InChI=1S/C16H22ClN7O2S/c1-21-12(9-23-7-11-10(23)8-24(11)27(2)25)18-13-14(21)19-16(17)20-15(13)22-3-5-26-6-4-22/h10-11H,3-9H2,1-2H3/p+1. The summed E-state index contributed by atoms with van der Waals surface area (Å²) >= 11 is 6.20. The van der Waals surface area contributed by atoms with Crippen molar-refractivity contribution in [3.05, 3.63) is 11.1 Å². The lowest BCUT2D eigenvalue weighted by molar-refractivity contribution is -0.0829. The number of fused-ring (bicyclic) bond motifs is 2. The van der Waals surface area contributed by atoms with E-state index in [-0.39, 0.29) is 5.28 Å². The van der Waals surface area contributed by atoms with Gasteiger partial charge in [-0.3, -0.25) is 4.90 Å². The highest BCUT2D eigenvalue weighted by Crippen LogP contribution is 2.36. The van der Waals surface area contributed by atoms with Crippen LogP contribution in [0.2, 0.25) is 5.28 Å². The summed E-state index contributed by atoms with van der Waals surface area (Å²) in [5.41, 5.74) is 1.55. The fourth-order valence-corrected chi connectivity index (χ4v) is 5.41. The van der Waals surface area contributed by atoms with Crippen LogP contribution in [0.1, 0.15) is 5.82 Å². The largest absolute Gasteiger partial charge is 0.378 e. The van der Waals surface area contributed by atoms with E-state index < -0.39 is 11.0 Å². The Morgan fingerprint density at radius 1 is 1.19 bits per heavy atom. The summed E-state index contributed by atoms with van der Waals surface area (Å²) in [7, 11) is 0.758. The van der Waals surface area contributed by atoms with E-state index in [1.807, 2.05) is 11.6 Å². The molecule has 146 valence electrons. The molecule has 3 atom stereocenters. The summed E-state index contributed by atoms with van der Waals surface area (Å²) in [6, 6.07) is 0.920. The van der Waals surface area contributed by atoms with Gasteiger partial charge in [-0.05, 0) is 11.6 Å². The van der Waals surface area contributed by atoms with Crippen LogP contribution in [0.15, 0.2) is 0 Å². The quantitative estimate of drug-likeness (QED) is 0.396. The van der Waals surface area contributed by atoms with Gasteiger partial charge in [0.2, 0.25) is 5.28 Å². The monoisotopic (exact) mass is 412 g/mol. The first-order valence-electron chi connectivity index (χ1n) is 9.16. The van der Waals surface area contributed by atoms with Gasteiger partial charge >= 0.3 is 0 Å². The molecule has 0 N–H and O–H groups in total. The smallest absolute Gasteiger partial charge is 0.226 e. The van der Waals surface area contributed by atoms with Crippen LogP contribution in [-0.4, -0.2) is 86.5 Å². The molecule has 3 aliphatic heterocycles. The molecule has 0 aliphatic carbocycles. The number of piperazine rings is 1. The third kappa shape index (κ3) is 2.85. The van der Waals surface area contributed by atoms with E-state index in [9.17, 15) is 4.21 Å². The SMILES string of the molecule is Cn1c(CN2CC3C2CN3[SH+](C)=O)nc2c(N3CCOCC3)nc(Cl)nc21. The maximum absolute atomic E-state index is 11.7. The van der Waals surface area contributed by atoms with Gasteiger partial charge in [0, 0.05) is 32.7 Å². The normalized spacial score (nSPS) is 27.3. The van der Waals surface area contributed by atoms with Crippen LogP contribution in [0.25, 0.3) is 11.2 Å². The Kier molecular flexibility index (Phi) is 4.36. The Balaban J connectivity index is 1.41. The number of hydrogen-bond acceptors (Lipinski definition) is 7. The number of likely N-dealkylation sites (tertiary alicyclic amines) is 1. The molecule has 0 bridgehead atoms. The van der Waals surface area contributed by atoms with Crippen molar-refractivity contribution in [1.29, 1.82) is 0 Å². The second kappa shape index (κ2) is 6.63. The van der Waals surface area contributed by atoms with E-state index in [4.69, 9.17) is 21.3 Å². The summed E-state index contributed by atoms with van der Waals surface area (Å²) in [6.45, 7) is 5.47. The molecule has 2 aromatic heterocycles. The molecule has 3 unspecified atom stereocenters. The van der Waals surface area contributed by atoms with Crippen molar-refractivity contribution in [2.24, 2.45) is 7.05 Å². The van der Waals surface area contributed by atoms with E-state index in [1.165, 1.54) is 0 Å². The van der Waals surface area contributed by atoms with Crippen molar-refractivity contribution in [2.45, 2.75) is 18.6 Å². The molecule has 0 spiro atoms. The van der Waals surface area contributed by atoms with E-state index in [0.29, 0.717) is 25.3 Å². The minimum Gasteiger partial charge on any atom is -0.378 e. The van der Waals surface area contributed by atoms with Crippen molar-refractivity contribution in [3.8, 4) is 0 Å². The van der Waals surface area contributed by atoms with Crippen molar-refractivity contribution >= 4 is 39.6 Å². The average molecular weight is 413 g/mol. The summed E-state index contributed by atoms with van der Waals surface area (Å²) in [5, 5.41) is 0.240. The molecule has 0 radical (unpaired) electrons. The molecule has 11 heteroatoms. The van der Waals surface area contributed by atoms with Crippen LogP contribution in [0.5, 0.6) is 0 Å². The highest BCUT2D eigenvalue weighted by atomic mass is 35.5. The van der Waals surface area contributed by atoms with Gasteiger partial charge in [-0.2, -0.15) is 9.97 Å². The lowest BCUT2D eigenvalue weighted by Gasteiger charge is -2.57. The zero-order valence-corrected chi connectivity index (χ0v) is 17.0. The second-order valence-corrected chi connectivity index (χ2v) is 9.11. The van der Waals surface area contributed by atoms with E-state index in [2.05, 4.69) is 24.1 Å². The third-order valence-electron chi connectivity index (χ3n) is 5.87. The Labute approximate surface area is 164 Å². The number of thiol groups is 1. The van der Waals surface area contributed by atoms with Crippen molar-refractivity contribution in [1.82, 2.24) is 28.7 Å². The second-order valence-electron chi connectivity index (χ2n) is 7.33. The molecular weight excluding hydrogens is 390 g/mol. The van der Waals surface area contributed by atoms with Crippen LogP contribution in [0.3, 0.4) is 0 Å². The minimum absolute atomic E-state index is 0.240. The van der Waals surface area contributed by atoms with Gasteiger partial charge in [0.05, 0.1) is 32.3 Å². The molecule has 0 aromatic carbocycles. The summed E-state index contributed by atoms with van der Waals surface area (Å²) in [6.07, 6.45) is 1.79. The minimum atomic E-state index is -1.22.